The monoisotopic (exact) mass is 552 g/mol. The van der Waals surface area contributed by atoms with Gasteiger partial charge in [0.05, 0.1) is 12.2 Å². The van der Waals surface area contributed by atoms with Crippen LogP contribution in [-0.4, -0.2) is 37.5 Å². The zero-order valence-electron chi connectivity index (χ0n) is 18.2. The fraction of sp³-hybridized carbons (Fsp3) is 0.333. The molecule has 1 saturated heterocycles. The van der Waals surface area contributed by atoms with Gasteiger partial charge in [-0.2, -0.15) is 17.5 Å². The van der Waals surface area contributed by atoms with Gasteiger partial charge in [0.15, 0.2) is 11.6 Å². The highest BCUT2D eigenvalue weighted by atomic mass is 32.2. The fourth-order valence-corrected chi connectivity index (χ4v) is 5.67. The van der Waals surface area contributed by atoms with Crippen molar-refractivity contribution in [3.63, 3.8) is 0 Å². The highest BCUT2D eigenvalue weighted by Gasteiger charge is 2.36. The van der Waals surface area contributed by atoms with Crippen LogP contribution in [0.1, 0.15) is 23.5 Å². The summed E-state index contributed by atoms with van der Waals surface area (Å²) in [5.41, 5.74) is -1.14. The largest absolute Gasteiger partial charge is 0.490 e. The number of hydrogen-bond donors (Lipinski definition) is 2. The standard InChI is InChI=1S/C21H18F6N4O3S2/c22-15-2-1-11(5-14(15)21(25,26)27)13-3-4-28-8-12(13)9-34-18-6-17(24)19(7-16(18)23)36(32,33)31-20-29-10-30-35-20/h1-2,5-7,10,12-13,28H,3-4,8-9H2,(H,29,30,31)/t12-,13?/m0/s1. The first kappa shape index (κ1) is 26.2. The average Bonchev–Trinajstić information content (AvgIpc) is 3.31. The van der Waals surface area contributed by atoms with Gasteiger partial charge < -0.3 is 10.1 Å². The van der Waals surface area contributed by atoms with Crippen LogP contribution in [-0.2, 0) is 16.2 Å². The Balaban J connectivity index is 1.52. The highest BCUT2D eigenvalue weighted by molar-refractivity contribution is 7.93. The van der Waals surface area contributed by atoms with Crippen LogP contribution in [0, 0.1) is 23.4 Å². The van der Waals surface area contributed by atoms with Gasteiger partial charge in [0.25, 0.3) is 10.0 Å². The molecule has 7 nitrogen and oxygen atoms in total. The number of halogens is 6. The third kappa shape index (κ3) is 5.73. The third-order valence-corrected chi connectivity index (χ3v) is 7.71. The van der Waals surface area contributed by atoms with Crippen molar-refractivity contribution in [3.8, 4) is 5.75 Å². The molecule has 0 aliphatic carbocycles. The van der Waals surface area contributed by atoms with E-state index in [1.54, 1.807) is 0 Å². The molecule has 2 atom stereocenters. The van der Waals surface area contributed by atoms with E-state index in [1.165, 1.54) is 6.07 Å². The Bertz CT molecular complexity index is 1340. The number of anilines is 1. The number of hydrogen-bond acceptors (Lipinski definition) is 7. The van der Waals surface area contributed by atoms with E-state index >= 15 is 0 Å². The maximum absolute atomic E-state index is 14.7. The van der Waals surface area contributed by atoms with E-state index in [0.29, 0.717) is 43.2 Å². The lowest BCUT2D eigenvalue weighted by atomic mass is 9.81. The quantitative estimate of drug-likeness (QED) is 0.418. The molecule has 2 aromatic carbocycles. The molecule has 1 aromatic heterocycles. The number of benzene rings is 2. The molecule has 0 spiro atoms. The number of aromatic nitrogens is 2. The van der Waals surface area contributed by atoms with E-state index in [9.17, 15) is 34.8 Å². The number of ether oxygens (including phenoxy) is 1. The van der Waals surface area contributed by atoms with Gasteiger partial charge in [-0.25, -0.2) is 26.6 Å². The van der Waals surface area contributed by atoms with Crippen molar-refractivity contribution in [2.45, 2.75) is 23.4 Å². The van der Waals surface area contributed by atoms with Gasteiger partial charge in [0, 0.05) is 36.1 Å². The summed E-state index contributed by atoms with van der Waals surface area (Å²) in [6.45, 7) is 0.560. The summed E-state index contributed by atoms with van der Waals surface area (Å²) >= 11 is 0.701. The Hall–Kier alpha value is -2.91. The molecule has 2 N–H and O–H groups in total. The van der Waals surface area contributed by atoms with Crippen molar-refractivity contribution in [1.82, 2.24) is 14.7 Å². The smallest absolute Gasteiger partial charge is 0.419 e. The van der Waals surface area contributed by atoms with E-state index in [-0.39, 0.29) is 17.3 Å². The first-order chi connectivity index (χ1) is 17.0. The van der Waals surface area contributed by atoms with Crippen LogP contribution in [0.4, 0.5) is 31.5 Å². The van der Waals surface area contributed by atoms with Gasteiger partial charge in [-0.15, -0.1) is 0 Å². The van der Waals surface area contributed by atoms with Crippen LogP contribution >= 0.6 is 11.5 Å². The summed E-state index contributed by atoms with van der Waals surface area (Å²) in [5, 5.41) is 2.92. The van der Waals surface area contributed by atoms with Crippen LogP contribution < -0.4 is 14.8 Å². The molecule has 0 bridgehead atoms. The van der Waals surface area contributed by atoms with E-state index in [1.807, 2.05) is 4.72 Å². The molecule has 15 heteroatoms. The van der Waals surface area contributed by atoms with Gasteiger partial charge in [-0.3, -0.25) is 4.72 Å². The lowest BCUT2D eigenvalue weighted by Crippen LogP contribution is -2.38. The molecular formula is C21H18F6N4O3S2. The van der Waals surface area contributed by atoms with Crippen LogP contribution in [0.3, 0.4) is 0 Å². The SMILES string of the molecule is O=S(=O)(Nc1ncns1)c1cc(F)c(OC[C@@H]2CNCCC2c2ccc(F)c(C(F)(F)F)c2)cc1F. The lowest BCUT2D eigenvalue weighted by molar-refractivity contribution is -0.140. The molecule has 1 aliphatic rings. The molecule has 3 aromatic rings. The van der Waals surface area contributed by atoms with E-state index in [2.05, 4.69) is 14.7 Å². The predicted octanol–water partition coefficient (Wildman–Crippen LogP) is 4.55. The average molecular weight is 553 g/mol. The Kier molecular flexibility index (Phi) is 7.43. The molecule has 2 heterocycles. The van der Waals surface area contributed by atoms with Crippen molar-refractivity contribution >= 4 is 26.7 Å². The third-order valence-electron chi connectivity index (χ3n) is 5.64. The Labute approximate surface area is 205 Å². The predicted molar refractivity (Wildman–Crippen MR) is 118 cm³/mol. The number of rotatable bonds is 7. The minimum Gasteiger partial charge on any atom is -0.490 e. The summed E-state index contributed by atoms with van der Waals surface area (Å²) in [7, 11) is -4.50. The van der Waals surface area contributed by atoms with E-state index in [4.69, 9.17) is 4.74 Å². The second-order valence-electron chi connectivity index (χ2n) is 7.97. The van der Waals surface area contributed by atoms with Gasteiger partial charge in [0.2, 0.25) is 5.13 Å². The van der Waals surface area contributed by atoms with Crippen molar-refractivity contribution in [2.24, 2.45) is 5.92 Å². The van der Waals surface area contributed by atoms with Crippen molar-refractivity contribution in [3.05, 3.63) is 65.2 Å². The lowest BCUT2D eigenvalue weighted by Gasteiger charge is -2.33. The molecule has 194 valence electrons. The summed E-state index contributed by atoms with van der Waals surface area (Å²) in [6.07, 6.45) is -3.38. The maximum Gasteiger partial charge on any atom is 0.419 e. The summed E-state index contributed by atoms with van der Waals surface area (Å²) in [6, 6.07) is 3.80. The van der Waals surface area contributed by atoms with Crippen LogP contribution in [0.25, 0.3) is 0 Å². The van der Waals surface area contributed by atoms with Crippen LogP contribution in [0.5, 0.6) is 5.75 Å². The number of alkyl halides is 3. The molecule has 36 heavy (non-hydrogen) atoms. The van der Waals surface area contributed by atoms with E-state index in [0.717, 1.165) is 18.5 Å². The van der Waals surface area contributed by atoms with Gasteiger partial charge >= 0.3 is 6.18 Å². The second-order valence-corrected chi connectivity index (χ2v) is 10.4. The number of piperidine rings is 1. The van der Waals surface area contributed by atoms with Crippen molar-refractivity contribution < 1.29 is 39.5 Å². The van der Waals surface area contributed by atoms with Crippen molar-refractivity contribution in [2.75, 3.05) is 24.4 Å². The van der Waals surface area contributed by atoms with Gasteiger partial charge in [0.1, 0.15) is 22.9 Å². The molecule has 0 amide bonds. The normalized spacial score (nSPS) is 18.7. The second kappa shape index (κ2) is 10.2. The first-order valence-corrected chi connectivity index (χ1v) is 12.7. The minimum absolute atomic E-state index is 0.138. The number of nitrogens with zero attached hydrogens (tertiary/aromatic N) is 2. The maximum atomic E-state index is 14.7. The molecule has 4 rings (SSSR count). The molecule has 0 radical (unpaired) electrons. The number of nitrogens with one attached hydrogen (secondary N) is 2. The minimum atomic E-state index is -4.87. The van der Waals surface area contributed by atoms with Crippen molar-refractivity contribution in [1.29, 1.82) is 0 Å². The molecular weight excluding hydrogens is 534 g/mol. The zero-order valence-corrected chi connectivity index (χ0v) is 19.8. The van der Waals surface area contributed by atoms with Gasteiger partial charge in [-0.05, 0) is 36.6 Å². The molecule has 1 unspecified atom stereocenters. The highest BCUT2D eigenvalue weighted by Crippen LogP contribution is 2.37. The van der Waals surface area contributed by atoms with E-state index < -0.39 is 61.7 Å². The van der Waals surface area contributed by atoms with Crippen LogP contribution in [0.2, 0.25) is 0 Å². The zero-order chi connectivity index (χ0) is 26.1. The first-order valence-electron chi connectivity index (χ1n) is 10.4. The topological polar surface area (TPSA) is 93.2 Å². The molecule has 0 saturated carbocycles. The fourth-order valence-electron chi connectivity index (χ4n) is 3.94. The summed E-state index contributed by atoms with van der Waals surface area (Å²) in [4.78, 5) is 2.65. The Morgan fingerprint density at radius 3 is 2.58 bits per heavy atom. The summed E-state index contributed by atoms with van der Waals surface area (Å²) in [5.74, 6) is -5.33. The summed E-state index contributed by atoms with van der Waals surface area (Å²) < 4.78 is 118. The number of sulfonamides is 1. The Morgan fingerprint density at radius 2 is 1.89 bits per heavy atom. The Morgan fingerprint density at radius 1 is 1.11 bits per heavy atom. The van der Waals surface area contributed by atoms with Crippen LogP contribution in [0.15, 0.2) is 41.6 Å². The van der Waals surface area contributed by atoms with Gasteiger partial charge in [-0.1, -0.05) is 6.07 Å². The molecule has 1 aliphatic heterocycles. The molecule has 1 fully saturated rings.